The first-order valence-electron chi connectivity index (χ1n) is 7.36. The summed E-state index contributed by atoms with van der Waals surface area (Å²) in [6, 6.07) is 14.9. The molecular formula is C18H17BrN2O2. The highest BCUT2D eigenvalue weighted by Gasteiger charge is 2.48. The first kappa shape index (κ1) is 15.7. The zero-order valence-corrected chi connectivity index (χ0v) is 14.6. The topological polar surface area (TPSA) is 49.4 Å². The summed E-state index contributed by atoms with van der Waals surface area (Å²) in [6.45, 7) is 3.98. The van der Waals surface area contributed by atoms with Crippen LogP contribution in [-0.2, 0) is 16.9 Å². The number of hydrogen-bond donors (Lipinski definition) is 1. The highest BCUT2D eigenvalue weighted by molar-refractivity contribution is 9.10. The van der Waals surface area contributed by atoms with Crippen molar-refractivity contribution in [3.05, 3.63) is 69.7 Å². The van der Waals surface area contributed by atoms with Gasteiger partial charge in [0.1, 0.15) is 5.54 Å². The standard InChI is InChI=1S/C18H17BrN2O2/c1-12-7-9-14(10-8-12)18(2)16(22)21(17(23)20-18)11-13-5-3-4-6-15(13)19/h3-10H,11H2,1-2H3,(H,20,23). The van der Waals surface area contributed by atoms with Gasteiger partial charge in [-0.05, 0) is 31.0 Å². The summed E-state index contributed by atoms with van der Waals surface area (Å²) in [5.74, 6) is -0.234. The van der Waals surface area contributed by atoms with Crippen LogP contribution in [0.1, 0.15) is 23.6 Å². The zero-order chi connectivity index (χ0) is 16.6. The van der Waals surface area contributed by atoms with Crippen LogP contribution in [-0.4, -0.2) is 16.8 Å². The molecule has 0 saturated carbocycles. The van der Waals surface area contributed by atoms with Crippen molar-refractivity contribution in [1.82, 2.24) is 10.2 Å². The first-order valence-corrected chi connectivity index (χ1v) is 8.16. The monoisotopic (exact) mass is 372 g/mol. The number of nitrogens with zero attached hydrogens (tertiary/aromatic N) is 1. The van der Waals surface area contributed by atoms with Gasteiger partial charge in [0.25, 0.3) is 5.91 Å². The molecule has 23 heavy (non-hydrogen) atoms. The maximum Gasteiger partial charge on any atom is 0.325 e. The highest BCUT2D eigenvalue weighted by Crippen LogP contribution is 2.30. The Kier molecular flexibility index (Phi) is 3.98. The third-order valence-electron chi connectivity index (χ3n) is 4.19. The molecule has 1 saturated heterocycles. The molecular weight excluding hydrogens is 356 g/mol. The molecule has 4 nitrogen and oxygen atoms in total. The van der Waals surface area contributed by atoms with Gasteiger partial charge in [0.2, 0.25) is 0 Å². The van der Waals surface area contributed by atoms with Crippen molar-refractivity contribution in [1.29, 1.82) is 0 Å². The molecule has 3 amide bonds. The minimum atomic E-state index is -1.02. The molecule has 0 spiro atoms. The summed E-state index contributed by atoms with van der Waals surface area (Å²) in [6.07, 6.45) is 0. The second-order valence-electron chi connectivity index (χ2n) is 5.90. The van der Waals surface area contributed by atoms with Gasteiger partial charge in [-0.15, -0.1) is 0 Å². The minimum absolute atomic E-state index is 0.234. The SMILES string of the molecule is Cc1ccc(C2(C)NC(=O)N(Cc3ccccc3Br)C2=O)cc1. The Morgan fingerprint density at radius 2 is 1.74 bits per heavy atom. The lowest BCUT2D eigenvalue weighted by molar-refractivity contribution is -0.131. The number of halogens is 1. The van der Waals surface area contributed by atoms with E-state index in [4.69, 9.17) is 0 Å². The quantitative estimate of drug-likeness (QED) is 0.834. The third-order valence-corrected chi connectivity index (χ3v) is 4.96. The summed E-state index contributed by atoms with van der Waals surface area (Å²) >= 11 is 3.46. The van der Waals surface area contributed by atoms with Crippen molar-refractivity contribution in [3.8, 4) is 0 Å². The van der Waals surface area contributed by atoms with E-state index in [1.807, 2.05) is 55.5 Å². The van der Waals surface area contributed by atoms with Gasteiger partial charge in [0.05, 0.1) is 6.54 Å². The molecule has 1 N–H and O–H groups in total. The number of urea groups is 1. The Balaban J connectivity index is 1.90. The van der Waals surface area contributed by atoms with E-state index >= 15 is 0 Å². The predicted octanol–water partition coefficient (Wildman–Crippen LogP) is 3.72. The van der Waals surface area contributed by atoms with Crippen LogP contribution in [0.25, 0.3) is 0 Å². The van der Waals surface area contributed by atoms with Gasteiger partial charge in [-0.2, -0.15) is 0 Å². The summed E-state index contributed by atoms with van der Waals surface area (Å²) in [7, 11) is 0. The van der Waals surface area contributed by atoms with Gasteiger partial charge in [0, 0.05) is 4.47 Å². The number of hydrogen-bond acceptors (Lipinski definition) is 2. The van der Waals surface area contributed by atoms with Gasteiger partial charge in [-0.3, -0.25) is 9.69 Å². The van der Waals surface area contributed by atoms with E-state index in [9.17, 15) is 9.59 Å². The van der Waals surface area contributed by atoms with E-state index in [0.717, 1.165) is 21.2 Å². The number of imide groups is 1. The summed E-state index contributed by atoms with van der Waals surface area (Å²) < 4.78 is 0.879. The lowest BCUT2D eigenvalue weighted by Crippen LogP contribution is -2.40. The molecule has 1 aliphatic rings. The Morgan fingerprint density at radius 3 is 2.39 bits per heavy atom. The molecule has 1 atom stereocenters. The smallest absolute Gasteiger partial charge is 0.319 e. The van der Waals surface area contributed by atoms with Crippen molar-refractivity contribution < 1.29 is 9.59 Å². The van der Waals surface area contributed by atoms with E-state index in [2.05, 4.69) is 21.2 Å². The van der Waals surface area contributed by atoms with Crippen molar-refractivity contribution in [2.45, 2.75) is 25.9 Å². The zero-order valence-electron chi connectivity index (χ0n) is 13.0. The minimum Gasteiger partial charge on any atom is -0.319 e. The maximum absolute atomic E-state index is 12.9. The molecule has 1 fully saturated rings. The maximum atomic E-state index is 12.9. The number of amides is 3. The number of carbonyl (C=O) groups excluding carboxylic acids is 2. The summed E-state index contributed by atoms with van der Waals surface area (Å²) in [5, 5.41) is 2.83. The number of nitrogens with one attached hydrogen (secondary N) is 1. The predicted molar refractivity (Wildman–Crippen MR) is 91.8 cm³/mol. The van der Waals surface area contributed by atoms with E-state index < -0.39 is 5.54 Å². The van der Waals surface area contributed by atoms with Crippen LogP contribution in [0.4, 0.5) is 4.79 Å². The van der Waals surface area contributed by atoms with Gasteiger partial charge < -0.3 is 5.32 Å². The summed E-state index contributed by atoms with van der Waals surface area (Å²) in [5.41, 5.74) is 1.77. The Morgan fingerprint density at radius 1 is 1.09 bits per heavy atom. The molecule has 0 bridgehead atoms. The molecule has 5 heteroatoms. The first-order chi connectivity index (χ1) is 10.9. The average molecular weight is 373 g/mol. The van der Waals surface area contributed by atoms with Crippen LogP contribution in [0.5, 0.6) is 0 Å². The Labute approximate surface area is 143 Å². The molecule has 1 heterocycles. The number of rotatable bonds is 3. The molecule has 0 aromatic heterocycles. The van der Waals surface area contributed by atoms with E-state index in [0.29, 0.717) is 0 Å². The molecule has 0 radical (unpaired) electrons. The third kappa shape index (κ3) is 2.77. The van der Waals surface area contributed by atoms with Crippen molar-refractivity contribution >= 4 is 27.9 Å². The molecule has 1 unspecified atom stereocenters. The lowest BCUT2D eigenvalue weighted by Gasteiger charge is -2.22. The fraction of sp³-hybridized carbons (Fsp3) is 0.222. The van der Waals surface area contributed by atoms with Crippen molar-refractivity contribution in [3.63, 3.8) is 0 Å². The van der Waals surface area contributed by atoms with Gasteiger partial charge in [-0.25, -0.2) is 4.79 Å². The normalized spacial score (nSPS) is 20.7. The average Bonchev–Trinajstić information content (AvgIpc) is 2.74. The van der Waals surface area contributed by atoms with Gasteiger partial charge in [0.15, 0.2) is 0 Å². The molecule has 118 valence electrons. The van der Waals surface area contributed by atoms with Crippen LogP contribution in [0.3, 0.4) is 0 Å². The van der Waals surface area contributed by atoms with Crippen LogP contribution in [0.15, 0.2) is 53.0 Å². The van der Waals surface area contributed by atoms with Crippen LogP contribution < -0.4 is 5.32 Å². The molecule has 1 aliphatic heterocycles. The second kappa shape index (κ2) is 5.81. The van der Waals surface area contributed by atoms with E-state index in [-0.39, 0.29) is 18.5 Å². The number of benzene rings is 2. The fourth-order valence-corrected chi connectivity index (χ4v) is 3.13. The number of carbonyl (C=O) groups is 2. The van der Waals surface area contributed by atoms with Crippen molar-refractivity contribution in [2.75, 3.05) is 0 Å². The second-order valence-corrected chi connectivity index (χ2v) is 6.76. The lowest BCUT2D eigenvalue weighted by atomic mass is 9.91. The van der Waals surface area contributed by atoms with Crippen LogP contribution in [0.2, 0.25) is 0 Å². The van der Waals surface area contributed by atoms with Gasteiger partial charge >= 0.3 is 6.03 Å². The molecule has 2 aromatic rings. The molecule has 0 aliphatic carbocycles. The van der Waals surface area contributed by atoms with Crippen LogP contribution >= 0.6 is 15.9 Å². The molecule has 3 rings (SSSR count). The van der Waals surface area contributed by atoms with E-state index in [1.54, 1.807) is 6.92 Å². The molecule has 2 aromatic carbocycles. The number of aryl methyl sites for hydroxylation is 1. The largest absolute Gasteiger partial charge is 0.325 e. The Hall–Kier alpha value is -2.14. The Bertz CT molecular complexity index is 773. The fourth-order valence-electron chi connectivity index (χ4n) is 2.72. The van der Waals surface area contributed by atoms with Crippen LogP contribution in [0, 0.1) is 6.92 Å². The van der Waals surface area contributed by atoms with E-state index in [1.165, 1.54) is 4.90 Å². The summed E-state index contributed by atoms with van der Waals surface area (Å²) in [4.78, 5) is 26.5. The highest BCUT2D eigenvalue weighted by atomic mass is 79.9. The van der Waals surface area contributed by atoms with Crippen molar-refractivity contribution in [2.24, 2.45) is 0 Å². The van der Waals surface area contributed by atoms with Gasteiger partial charge in [-0.1, -0.05) is 64.0 Å².